The second-order valence-electron chi connectivity index (χ2n) is 6.61. The normalized spacial score (nSPS) is 19.5. The van der Waals surface area contributed by atoms with Gasteiger partial charge in [0.05, 0.1) is 21.2 Å². The number of rotatable bonds is 7. The fourth-order valence-corrected chi connectivity index (χ4v) is 5.95. The maximum Gasteiger partial charge on any atom is 0.266 e. The van der Waals surface area contributed by atoms with Gasteiger partial charge in [-0.25, -0.2) is 13.1 Å². The van der Waals surface area contributed by atoms with Gasteiger partial charge in [-0.1, -0.05) is 30.9 Å². The van der Waals surface area contributed by atoms with Crippen LogP contribution >= 0.6 is 24.0 Å². The zero-order valence-corrected chi connectivity index (χ0v) is 20.0. The van der Waals surface area contributed by atoms with Crippen molar-refractivity contribution in [3.8, 4) is 0 Å². The van der Waals surface area contributed by atoms with Crippen molar-refractivity contribution in [2.24, 2.45) is 0 Å². The molecular formula is C20H26N4O3S3. The molecule has 1 fully saturated rings. The Morgan fingerprint density at radius 3 is 2.20 bits per heavy atom. The zero-order valence-electron chi connectivity index (χ0n) is 17.5. The van der Waals surface area contributed by atoms with Crippen molar-refractivity contribution in [1.29, 1.82) is 0 Å². The highest BCUT2D eigenvalue weighted by Crippen LogP contribution is 2.43. The molecule has 1 saturated heterocycles. The van der Waals surface area contributed by atoms with Crippen molar-refractivity contribution in [1.82, 2.24) is 9.62 Å². The first kappa shape index (κ1) is 22.8. The number of sulfonamides is 1. The largest absolute Gasteiger partial charge is 0.326 e. The number of nitrogens with zero attached hydrogens (tertiary/aromatic N) is 3. The number of fused-ring (bicyclic) bond motifs is 1. The van der Waals surface area contributed by atoms with Crippen molar-refractivity contribution < 1.29 is 13.2 Å². The Labute approximate surface area is 187 Å². The number of amides is 1. The molecule has 30 heavy (non-hydrogen) atoms. The number of benzene rings is 1. The molecular weight excluding hydrogens is 440 g/mol. The number of thiocarbonyl (C=S) groups is 1. The predicted octanol–water partition coefficient (Wildman–Crippen LogP) is 3.26. The highest BCUT2D eigenvalue weighted by molar-refractivity contribution is 8.26. The average Bonchev–Trinajstić information content (AvgIpc) is 3.17. The molecule has 0 atom stereocenters. The molecule has 3 rings (SSSR count). The summed E-state index contributed by atoms with van der Waals surface area (Å²) in [5.41, 5.74) is 1.77. The quantitative estimate of drug-likeness (QED) is 0.488. The molecule has 0 bridgehead atoms. The van der Waals surface area contributed by atoms with Crippen LogP contribution in [0.3, 0.4) is 0 Å². The summed E-state index contributed by atoms with van der Waals surface area (Å²) in [6.45, 7) is 9.95. The highest BCUT2D eigenvalue weighted by Gasteiger charge is 2.33. The Morgan fingerprint density at radius 1 is 1.00 bits per heavy atom. The summed E-state index contributed by atoms with van der Waals surface area (Å²) in [6, 6.07) is 5.17. The van der Waals surface area contributed by atoms with E-state index in [0.717, 1.165) is 17.2 Å². The fourth-order valence-electron chi connectivity index (χ4n) is 3.56. The van der Waals surface area contributed by atoms with Gasteiger partial charge in [-0.2, -0.15) is 0 Å². The van der Waals surface area contributed by atoms with Crippen LogP contribution in [0.15, 0.2) is 46.0 Å². The summed E-state index contributed by atoms with van der Waals surface area (Å²) in [7, 11) is -3.55. The minimum absolute atomic E-state index is 0.0787. The number of allylic oxidation sites excluding steroid dienone is 2. The van der Waals surface area contributed by atoms with Gasteiger partial charge in [-0.15, -0.1) is 0 Å². The smallest absolute Gasteiger partial charge is 0.266 e. The van der Waals surface area contributed by atoms with Gasteiger partial charge in [0.1, 0.15) is 10.1 Å². The van der Waals surface area contributed by atoms with E-state index in [1.54, 1.807) is 30.0 Å². The lowest BCUT2D eigenvalue weighted by atomic mass is 10.2. The predicted molar refractivity (Wildman–Crippen MR) is 127 cm³/mol. The first-order chi connectivity index (χ1) is 14.3. The van der Waals surface area contributed by atoms with Crippen LogP contribution in [0.2, 0.25) is 0 Å². The molecule has 2 heterocycles. The van der Waals surface area contributed by atoms with E-state index in [4.69, 9.17) is 12.2 Å². The molecule has 1 amide bonds. The molecule has 0 aromatic heterocycles. The van der Waals surface area contributed by atoms with E-state index in [1.165, 1.54) is 11.8 Å². The van der Waals surface area contributed by atoms with Crippen molar-refractivity contribution in [2.45, 2.75) is 32.6 Å². The highest BCUT2D eigenvalue weighted by atomic mass is 32.2. The number of likely N-dealkylation sites (N-methyl/N-ethyl adjacent to an activating group) is 1. The van der Waals surface area contributed by atoms with Gasteiger partial charge in [0.2, 0.25) is 10.0 Å². The minimum atomic E-state index is -3.55. The van der Waals surface area contributed by atoms with Crippen LogP contribution in [0.4, 0.5) is 11.4 Å². The van der Waals surface area contributed by atoms with Gasteiger partial charge in [-0.3, -0.25) is 9.69 Å². The first-order valence-corrected chi connectivity index (χ1v) is 12.6. The zero-order chi connectivity index (χ0) is 22.1. The molecule has 10 heteroatoms. The molecule has 1 aromatic carbocycles. The third-order valence-corrected chi connectivity index (χ3v) is 7.87. The van der Waals surface area contributed by atoms with E-state index in [0.29, 0.717) is 35.4 Å². The van der Waals surface area contributed by atoms with E-state index in [1.807, 2.05) is 32.9 Å². The van der Waals surface area contributed by atoms with Crippen LogP contribution in [-0.2, 0) is 14.8 Å². The summed E-state index contributed by atoms with van der Waals surface area (Å²) < 4.78 is 28.0. The van der Waals surface area contributed by atoms with Crippen LogP contribution in [-0.4, -0.2) is 49.7 Å². The van der Waals surface area contributed by atoms with Crippen molar-refractivity contribution in [2.75, 3.05) is 36.0 Å². The SMILES string of the molecule is CCNS(=O)(=O)c1ccc2c(c1)N(CC)/C(=C/C=C1\SC(=S)N(CC)C1=O)N2CC. The van der Waals surface area contributed by atoms with Crippen molar-refractivity contribution in [3.63, 3.8) is 0 Å². The molecule has 0 unspecified atom stereocenters. The van der Waals surface area contributed by atoms with Crippen LogP contribution in [0.5, 0.6) is 0 Å². The molecule has 0 saturated carbocycles. The summed E-state index contributed by atoms with van der Waals surface area (Å²) in [6.07, 6.45) is 3.71. The molecule has 1 aromatic rings. The van der Waals surface area contributed by atoms with Crippen LogP contribution < -0.4 is 14.5 Å². The van der Waals surface area contributed by atoms with Crippen molar-refractivity contribution >= 4 is 55.6 Å². The lowest BCUT2D eigenvalue weighted by Gasteiger charge is -2.23. The number of hydrogen-bond acceptors (Lipinski definition) is 7. The van der Waals surface area contributed by atoms with E-state index in [9.17, 15) is 13.2 Å². The Hall–Kier alpha value is -1.88. The number of anilines is 2. The van der Waals surface area contributed by atoms with E-state index in [2.05, 4.69) is 14.5 Å². The molecule has 2 aliphatic heterocycles. The molecule has 1 N–H and O–H groups in total. The second kappa shape index (κ2) is 9.09. The summed E-state index contributed by atoms with van der Waals surface area (Å²) in [5, 5.41) is 0. The molecule has 0 spiro atoms. The number of nitrogens with one attached hydrogen (secondary N) is 1. The fraction of sp³-hybridized carbons (Fsp3) is 0.400. The average molecular weight is 467 g/mol. The van der Waals surface area contributed by atoms with Gasteiger partial charge in [0.25, 0.3) is 5.91 Å². The van der Waals surface area contributed by atoms with Gasteiger partial charge in [0, 0.05) is 26.2 Å². The molecule has 2 aliphatic rings. The van der Waals surface area contributed by atoms with Crippen LogP contribution in [0.1, 0.15) is 27.7 Å². The van der Waals surface area contributed by atoms with E-state index < -0.39 is 10.0 Å². The number of carbonyl (C=O) groups is 1. The monoisotopic (exact) mass is 466 g/mol. The van der Waals surface area contributed by atoms with Gasteiger partial charge < -0.3 is 9.80 Å². The van der Waals surface area contributed by atoms with Crippen molar-refractivity contribution in [3.05, 3.63) is 41.1 Å². The standard InChI is InChI=1S/C20H26N4O3S3/c1-5-21-30(26,27)14-9-10-15-16(13-14)23(7-3)18(22(15)6-2)12-11-17-19(25)24(8-4)20(28)29-17/h9-13,21H,5-8H2,1-4H3/b17-11-,18-12+. The maximum atomic E-state index is 12.5. The second-order valence-corrected chi connectivity index (χ2v) is 10.1. The number of hydrogen-bond donors (Lipinski definition) is 1. The van der Waals surface area contributed by atoms with Gasteiger partial charge >= 0.3 is 0 Å². The topological polar surface area (TPSA) is 73.0 Å². The lowest BCUT2D eigenvalue weighted by Crippen LogP contribution is -2.28. The van der Waals surface area contributed by atoms with Gasteiger partial charge in [-0.05, 0) is 51.1 Å². The first-order valence-electron chi connectivity index (χ1n) is 9.93. The lowest BCUT2D eigenvalue weighted by molar-refractivity contribution is -0.122. The molecule has 7 nitrogen and oxygen atoms in total. The summed E-state index contributed by atoms with van der Waals surface area (Å²) in [4.78, 5) is 19.1. The summed E-state index contributed by atoms with van der Waals surface area (Å²) in [5.74, 6) is 0.819. The third-order valence-electron chi connectivity index (χ3n) is 4.93. The molecule has 162 valence electrons. The van der Waals surface area contributed by atoms with Crippen LogP contribution in [0.25, 0.3) is 0 Å². The Balaban J connectivity index is 2.02. The minimum Gasteiger partial charge on any atom is -0.326 e. The maximum absolute atomic E-state index is 12.5. The Morgan fingerprint density at radius 2 is 1.63 bits per heavy atom. The Bertz CT molecular complexity index is 1030. The summed E-state index contributed by atoms with van der Waals surface area (Å²) >= 11 is 6.59. The van der Waals surface area contributed by atoms with E-state index in [-0.39, 0.29) is 10.8 Å². The molecule has 0 aliphatic carbocycles. The third kappa shape index (κ3) is 4.01. The molecule has 0 radical (unpaired) electrons. The Kier molecular flexibility index (Phi) is 6.91. The number of carbonyl (C=O) groups excluding carboxylic acids is 1. The van der Waals surface area contributed by atoms with E-state index >= 15 is 0 Å². The van der Waals surface area contributed by atoms with Gasteiger partial charge in [0.15, 0.2) is 0 Å². The van der Waals surface area contributed by atoms with Crippen LogP contribution in [0, 0.1) is 0 Å². The number of thioether (sulfide) groups is 1.